The molecule has 0 spiro atoms. The quantitative estimate of drug-likeness (QED) is 0.689. The Morgan fingerprint density at radius 2 is 2.12 bits per heavy atom. The minimum Gasteiger partial charge on any atom is -0.480 e. The largest absolute Gasteiger partial charge is 0.480 e. The van der Waals surface area contributed by atoms with Crippen molar-refractivity contribution in [2.45, 2.75) is 51.6 Å². The lowest BCUT2D eigenvalue weighted by molar-refractivity contribution is -0.143. The lowest BCUT2D eigenvalue weighted by Gasteiger charge is -2.29. The fraction of sp³-hybridized carbons (Fsp3) is 0.917. The molecule has 0 amide bonds. The number of hydrogen-bond donors (Lipinski definition) is 2. The molecule has 0 aliphatic heterocycles. The van der Waals surface area contributed by atoms with Crippen molar-refractivity contribution in [1.29, 1.82) is 0 Å². The molecule has 94 valence electrons. The zero-order valence-corrected chi connectivity index (χ0v) is 10.6. The van der Waals surface area contributed by atoms with Crippen LogP contribution in [-0.4, -0.2) is 40.6 Å². The summed E-state index contributed by atoms with van der Waals surface area (Å²) in [5.41, 5.74) is 4.63. The molecule has 0 heterocycles. The van der Waals surface area contributed by atoms with Gasteiger partial charge in [-0.15, -0.1) is 0 Å². The molecule has 1 rings (SSSR count). The fourth-order valence-electron chi connectivity index (χ4n) is 1.68. The van der Waals surface area contributed by atoms with E-state index in [0.717, 1.165) is 19.0 Å². The van der Waals surface area contributed by atoms with Gasteiger partial charge in [0, 0.05) is 19.1 Å². The van der Waals surface area contributed by atoms with E-state index < -0.39 is 11.5 Å². The highest BCUT2D eigenvalue weighted by Gasteiger charge is 2.30. The van der Waals surface area contributed by atoms with E-state index in [1.54, 1.807) is 6.92 Å². The molecule has 0 aromatic carbocycles. The van der Waals surface area contributed by atoms with Crippen LogP contribution in [0.3, 0.4) is 0 Å². The summed E-state index contributed by atoms with van der Waals surface area (Å²) >= 11 is 0. The Morgan fingerprint density at radius 1 is 1.56 bits per heavy atom. The predicted molar refractivity (Wildman–Crippen MR) is 64.3 cm³/mol. The molecule has 0 aromatic rings. The fourth-order valence-corrected chi connectivity index (χ4v) is 1.68. The van der Waals surface area contributed by atoms with Crippen LogP contribution in [-0.2, 0) is 4.79 Å². The lowest BCUT2D eigenvalue weighted by Crippen LogP contribution is -2.48. The molecule has 1 atom stereocenters. The maximum atomic E-state index is 10.9. The summed E-state index contributed by atoms with van der Waals surface area (Å²) in [6, 6.07) is 0.463. The molecule has 0 bridgehead atoms. The predicted octanol–water partition coefficient (Wildman–Crippen LogP) is 1.30. The van der Waals surface area contributed by atoms with Crippen LogP contribution in [0.1, 0.15) is 40.0 Å². The third-order valence-electron chi connectivity index (χ3n) is 3.33. The van der Waals surface area contributed by atoms with E-state index in [-0.39, 0.29) is 0 Å². The molecular formula is C12H24N2O2. The molecule has 0 radical (unpaired) electrons. The Morgan fingerprint density at radius 3 is 2.50 bits per heavy atom. The van der Waals surface area contributed by atoms with Crippen LogP contribution >= 0.6 is 0 Å². The molecule has 1 aliphatic rings. The number of rotatable bonds is 7. The van der Waals surface area contributed by atoms with E-state index in [2.05, 4.69) is 18.7 Å². The van der Waals surface area contributed by atoms with Crippen LogP contribution in [0.5, 0.6) is 0 Å². The number of carbonyl (C=O) groups is 1. The highest BCUT2D eigenvalue weighted by atomic mass is 16.4. The highest BCUT2D eigenvalue weighted by Crippen LogP contribution is 2.30. The molecule has 4 heteroatoms. The van der Waals surface area contributed by atoms with Gasteiger partial charge in [0.1, 0.15) is 5.54 Å². The molecule has 16 heavy (non-hydrogen) atoms. The van der Waals surface area contributed by atoms with Gasteiger partial charge >= 0.3 is 5.97 Å². The maximum absolute atomic E-state index is 10.9. The molecule has 3 N–H and O–H groups in total. The standard InChI is InChI=1S/C12H24N2O2/c1-9(2)14(8-10-4-5-10)7-6-12(3,13)11(15)16/h9-10H,4-8,13H2,1-3H3,(H,15,16). The molecule has 1 fully saturated rings. The Labute approximate surface area is 97.8 Å². The van der Waals surface area contributed by atoms with Gasteiger partial charge in [0.15, 0.2) is 0 Å². The summed E-state index contributed by atoms with van der Waals surface area (Å²) in [6.45, 7) is 7.75. The first-order chi connectivity index (χ1) is 7.33. The van der Waals surface area contributed by atoms with Crippen LogP contribution in [0, 0.1) is 5.92 Å². The second kappa shape index (κ2) is 5.15. The summed E-state index contributed by atoms with van der Waals surface area (Å²) < 4.78 is 0. The Bertz CT molecular complexity index is 247. The minimum absolute atomic E-state index is 0.463. The van der Waals surface area contributed by atoms with E-state index in [4.69, 9.17) is 10.8 Å². The average molecular weight is 228 g/mol. The number of hydrogen-bond acceptors (Lipinski definition) is 3. The van der Waals surface area contributed by atoms with Gasteiger partial charge < -0.3 is 15.7 Å². The number of carboxylic acids is 1. The summed E-state index contributed by atoms with van der Waals surface area (Å²) in [6.07, 6.45) is 3.15. The normalized spacial score (nSPS) is 20.1. The van der Waals surface area contributed by atoms with Gasteiger partial charge in [0.2, 0.25) is 0 Å². The van der Waals surface area contributed by atoms with Crippen LogP contribution in [0.2, 0.25) is 0 Å². The van der Waals surface area contributed by atoms with Crippen LogP contribution in [0.15, 0.2) is 0 Å². The number of aliphatic carboxylic acids is 1. The molecule has 1 saturated carbocycles. The van der Waals surface area contributed by atoms with Crippen molar-refractivity contribution >= 4 is 5.97 Å². The zero-order valence-electron chi connectivity index (χ0n) is 10.6. The second-order valence-corrected chi connectivity index (χ2v) is 5.50. The summed E-state index contributed by atoms with van der Waals surface area (Å²) in [7, 11) is 0. The van der Waals surface area contributed by atoms with Crippen molar-refractivity contribution in [1.82, 2.24) is 4.90 Å². The highest BCUT2D eigenvalue weighted by molar-refractivity contribution is 5.77. The third-order valence-corrected chi connectivity index (χ3v) is 3.33. The van der Waals surface area contributed by atoms with Gasteiger partial charge in [-0.25, -0.2) is 0 Å². The molecule has 0 saturated heterocycles. The molecular weight excluding hydrogens is 204 g/mol. The van der Waals surface area contributed by atoms with Gasteiger partial charge in [-0.05, 0) is 46.0 Å². The first-order valence-corrected chi connectivity index (χ1v) is 6.09. The first kappa shape index (κ1) is 13.5. The average Bonchev–Trinajstić information content (AvgIpc) is 2.94. The van der Waals surface area contributed by atoms with Gasteiger partial charge in [0.25, 0.3) is 0 Å². The van der Waals surface area contributed by atoms with Crippen LogP contribution in [0.25, 0.3) is 0 Å². The monoisotopic (exact) mass is 228 g/mol. The SMILES string of the molecule is CC(C)N(CCC(C)(N)C(=O)O)CC1CC1. The lowest BCUT2D eigenvalue weighted by atomic mass is 9.99. The number of nitrogens with zero attached hydrogens (tertiary/aromatic N) is 1. The number of carboxylic acid groups (broad SMARTS) is 1. The van der Waals surface area contributed by atoms with Gasteiger partial charge in [-0.3, -0.25) is 4.79 Å². The smallest absolute Gasteiger partial charge is 0.323 e. The van der Waals surface area contributed by atoms with Crippen LogP contribution < -0.4 is 5.73 Å². The molecule has 1 aliphatic carbocycles. The van der Waals surface area contributed by atoms with Crippen molar-refractivity contribution in [3.05, 3.63) is 0 Å². The van der Waals surface area contributed by atoms with Crippen molar-refractivity contribution in [3.63, 3.8) is 0 Å². The minimum atomic E-state index is -1.10. The van der Waals surface area contributed by atoms with E-state index in [1.807, 2.05) is 0 Å². The molecule has 0 aromatic heterocycles. The van der Waals surface area contributed by atoms with Crippen molar-refractivity contribution in [2.75, 3.05) is 13.1 Å². The summed E-state index contributed by atoms with van der Waals surface area (Å²) in [5, 5.41) is 8.94. The maximum Gasteiger partial charge on any atom is 0.323 e. The van der Waals surface area contributed by atoms with E-state index in [0.29, 0.717) is 12.5 Å². The first-order valence-electron chi connectivity index (χ1n) is 6.09. The Balaban J connectivity index is 2.39. The van der Waals surface area contributed by atoms with Crippen molar-refractivity contribution in [2.24, 2.45) is 11.7 Å². The van der Waals surface area contributed by atoms with E-state index >= 15 is 0 Å². The third kappa shape index (κ3) is 4.10. The van der Waals surface area contributed by atoms with Crippen LogP contribution in [0.4, 0.5) is 0 Å². The van der Waals surface area contributed by atoms with Gasteiger partial charge in [-0.2, -0.15) is 0 Å². The topological polar surface area (TPSA) is 66.6 Å². The molecule has 1 unspecified atom stereocenters. The Kier molecular flexibility index (Phi) is 4.33. The van der Waals surface area contributed by atoms with E-state index in [1.165, 1.54) is 12.8 Å². The number of nitrogens with two attached hydrogens (primary N) is 1. The van der Waals surface area contributed by atoms with Crippen molar-refractivity contribution in [3.8, 4) is 0 Å². The second-order valence-electron chi connectivity index (χ2n) is 5.50. The van der Waals surface area contributed by atoms with Crippen molar-refractivity contribution < 1.29 is 9.90 Å². The van der Waals surface area contributed by atoms with E-state index in [9.17, 15) is 4.79 Å². The van der Waals surface area contributed by atoms with Gasteiger partial charge in [0.05, 0.1) is 0 Å². The zero-order chi connectivity index (χ0) is 12.3. The summed E-state index contributed by atoms with van der Waals surface area (Å²) in [4.78, 5) is 13.2. The molecule has 4 nitrogen and oxygen atoms in total. The summed E-state index contributed by atoms with van der Waals surface area (Å²) in [5.74, 6) is -0.0844. The van der Waals surface area contributed by atoms with Gasteiger partial charge in [-0.1, -0.05) is 0 Å². The Hall–Kier alpha value is -0.610.